The largest absolute Gasteiger partial charge is 0.373 e. The zero-order valence-electron chi connectivity index (χ0n) is 10.4. The smallest absolute Gasteiger partial charge is 0.251 e. The van der Waals surface area contributed by atoms with Gasteiger partial charge in [-0.2, -0.15) is 5.10 Å². The van der Waals surface area contributed by atoms with E-state index in [0.717, 1.165) is 30.2 Å². The van der Waals surface area contributed by atoms with Crippen molar-refractivity contribution in [3.8, 4) is 0 Å². The van der Waals surface area contributed by atoms with Gasteiger partial charge < -0.3 is 10.1 Å². The standard InChI is InChI=1S/C14H15N3O2/c18-14(16-12-6-10-3-4-13(12)19-10)8-1-2-9-7-15-17-11(9)5-8/h1-2,5,7,10,12-13H,3-4,6H2,(H,15,17)(H,16,18). The van der Waals surface area contributed by atoms with Crippen molar-refractivity contribution in [2.75, 3.05) is 0 Å². The second-order valence-electron chi connectivity index (χ2n) is 5.36. The molecule has 0 aliphatic carbocycles. The van der Waals surface area contributed by atoms with E-state index in [2.05, 4.69) is 15.5 Å². The number of benzene rings is 1. The van der Waals surface area contributed by atoms with E-state index in [1.807, 2.05) is 18.2 Å². The molecular formula is C14H15N3O2. The number of nitrogens with one attached hydrogen (secondary N) is 2. The molecule has 1 aromatic carbocycles. The summed E-state index contributed by atoms with van der Waals surface area (Å²) in [7, 11) is 0. The van der Waals surface area contributed by atoms with Gasteiger partial charge >= 0.3 is 0 Å². The summed E-state index contributed by atoms with van der Waals surface area (Å²) in [4.78, 5) is 12.2. The third kappa shape index (κ3) is 1.81. The molecule has 1 aromatic heterocycles. The van der Waals surface area contributed by atoms with Gasteiger partial charge in [0.05, 0.1) is 30.0 Å². The molecule has 5 nitrogen and oxygen atoms in total. The number of amides is 1. The number of H-pyrrole nitrogens is 1. The molecule has 0 radical (unpaired) electrons. The first-order valence-electron chi connectivity index (χ1n) is 6.69. The third-order valence-corrected chi connectivity index (χ3v) is 4.13. The minimum absolute atomic E-state index is 0.0300. The van der Waals surface area contributed by atoms with Crippen molar-refractivity contribution < 1.29 is 9.53 Å². The molecule has 2 aromatic rings. The number of aromatic nitrogens is 2. The van der Waals surface area contributed by atoms with Crippen LogP contribution in [0.1, 0.15) is 29.6 Å². The number of carbonyl (C=O) groups is 1. The van der Waals surface area contributed by atoms with E-state index in [-0.39, 0.29) is 18.1 Å². The lowest BCUT2D eigenvalue weighted by Crippen LogP contribution is -2.41. The summed E-state index contributed by atoms with van der Waals surface area (Å²) in [6, 6.07) is 5.75. The summed E-state index contributed by atoms with van der Waals surface area (Å²) in [5, 5.41) is 10.9. The average Bonchev–Trinajstić information content (AvgIpc) is 3.13. The zero-order chi connectivity index (χ0) is 12.8. The van der Waals surface area contributed by atoms with Gasteiger partial charge in [0, 0.05) is 10.9 Å². The normalized spacial score (nSPS) is 28.9. The van der Waals surface area contributed by atoms with Crippen molar-refractivity contribution in [3.63, 3.8) is 0 Å². The fourth-order valence-corrected chi connectivity index (χ4v) is 3.12. The molecule has 19 heavy (non-hydrogen) atoms. The number of hydrogen-bond donors (Lipinski definition) is 2. The maximum atomic E-state index is 12.2. The van der Waals surface area contributed by atoms with E-state index in [1.54, 1.807) is 6.20 Å². The molecule has 0 spiro atoms. The van der Waals surface area contributed by atoms with E-state index in [1.165, 1.54) is 0 Å². The predicted molar refractivity (Wildman–Crippen MR) is 69.9 cm³/mol. The molecule has 2 aliphatic heterocycles. The van der Waals surface area contributed by atoms with Crippen molar-refractivity contribution in [1.82, 2.24) is 15.5 Å². The first kappa shape index (κ1) is 11.0. The summed E-state index contributed by atoms with van der Waals surface area (Å²) in [5.74, 6) is -0.0300. The lowest BCUT2D eigenvalue weighted by atomic mass is 9.95. The van der Waals surface area contributed by atoms with Crippen LogP contribution >= 0.6 is 0 Å². The van der Waals surface area contributed by atoms with E-state index in [4.69, 9.17) is 4.74 Å². The summed E-state index contributed by atoms with van der Waals surface area (Å²) in [5.41, 5.74) is 1.55. The Morgan fingerprint density at radius 2 is 2.37 bits per heavy atom. The maximum Gasteiger partial charge on any atom is 0.251 e. The molecule has 5 heteroatoms. The fourth-order valence-electron chi connectivity index (χ4n) is 3.12. The highest BCUT2D eigenvalue weighted by atomic mass is 16.5. The topological polar surface area (TPSA) is 67.0 Å². The molecule has 0 saturated carbocycles. The Hall–Kier alpha value is -1.88. The van der Waals surface area contributed by atoms with E-state index in [9.17, 15) is 4.79 Å². The van der Waals surface area contributed by atoms with Crippen LogP contribution in [-0.4, -0.2) is 34.4 Å². The summed E-state index contributed by atoms with van der Waals surface area (Å²) in [6.45, 7) is 0. The van der Waals surface area contributed by atoms with Crippen molar-refractivity contribution in [2.45, 2.75) is 37.5 Å². The van der Waals surface area contributed by atoms with Crippen LogP contribution in [0, 0.1) is 0 Å². The first-order chi connectivity index (χ1) is 9.29. The molecule has 98 valence electrons. The van der Waals surface area contributed by atoms with Gasteiger partial charge in [0.15, 0.2) is 0 Å². The molecular weight excluding hydrogens is 242 g/mol. The second kappa shape index (κ2) is 4.06. The lowest BCUT2D eigenvalue weighted by molar-refractivity contribution is 0.0841. The van der Waals surface area contributed by atoms with Gasteiger partial charge in [-0.1, -0.05) is 6.07 Å². The Bertz CT molecular complexity index is 636. The van der Waals surface area contributed by atoms with Gasteiger partial charge in [0.2, 0.25) is 0 Å². The number of carbonyl (C=O) groups excluding carboxylic acids is 1. The molecule has 3 heterocycles. The van der Waals surface area contributed by atoms with Crippen molar-refractivity contribution in [3.05, 3.63) is 30.0 Å². The average molecular weight is 257 g/mol. The van der Waals surface area contributed by atoms with E-state index in [0.29, 0.717) is 11.7 Å². The van der Waals surface area contributed by atoms with E-state index < -0.39 is 0 Å². The Kier molecular flexibility index (Phi) is 2.35. The molecule has 2 aliphatic rings. The monoisotopic (exact) mass is 257 g/mol. The van der Waals surface area contributed by atoms with Gasteiger partial charge in [-0.05, 0) is 31.4 Å². The Morgan fingerprint density at radius 1 is 1.42 bits per heavy atom. The minimum Gasteiger partial charge on any atom is -0.373 e. The number of hydrogen-bond acceptors (Lipinski definition) is 3. The van der Waals surface area contributed by atoms with Gasteiger partial charge in [-0.15, -0.1) is 0 Å². The van der Waals surface area contributed by atoms with Crippen molar-refractivity contribution in [1.29, 1.82) is 0 Å². The molecule has 3 atom stereocenters. The Morgan fingerprint density at radius 3 is 3.16 bits per heavy atom. The lowest BCUT2D eigenvalue weighted by Gasteiger charge is -2.20. The molecule has 2 N–H and O–H groups in total. The number of rotatable bonds is 2. The van der Waals surface area contributed by atoms with Crippen LogP contribution in [0.3, 0.4) is 0 Å². The van der Waals surface area contributed by atoms with Crippen LogP contribution in [0.25, 0.3) is 10.9 Å². The zero-order valence-corrected chi connectivity index (χ0v) is 10.4. The SMILES string of the molecule is O=C(NC1CC2CCC1O2)c1ccc2cn[nH]c2c1. The Labute approximate surface area is 110 Å². The fraction of sp³-hybridized carbons (Fsp3) is 0.429. The van der Waals surface area contributed by atoms with Crippen LogP contribution in [0.15, 0.2) is 24.4 Å². The predicted octanol–water partition coefficient (Wildman–Crippen LogP) is 1.61. The van der Waals surface area contributed by atoms with Crippen LogP contribution in [-0.2, 0) is 4.74 Å². The maximum absolute atomic E-state index is 12.2. The molecule has 3 unspecified atom stereocenters. The van der Waals surface area contributed by atoms with Gasteiger partial charge in [0.25, 0.3) is 5.91 Å². The van der Waals surface area contributed by atoms with Crippen LogP contribution < -0.4 is 5.32 Å². The van der Waals surface area contributed by atoms with Gasteiger partial charge in [0.1, 0.15) is 0 Å². The van der Waals surface area contributed by atoms with Gasteiger partial charge in [-0.25, -0.2) is 0 Å². The van der Waals surface area contributed by atoms with Crippen LogP contribution in [0.4, 0.5) is 0 Å². The van der Waals surface area contributed by atoms with Crippen LogP contribution in [0.2, 0.25) is 0 Å². The second-order valence-corrected chi connectivity index (χ2v) is 5.36. The third-order valence-electron chi connectivity index (χ3n) is 4.13. The van der Waals surface area contributed by atoms with Crippen molar-refractivity contribution >= 4 is 16.8 Å². The summed E-state index contributed by atoms with van der Waals surface area (Å²) in [6.07, 6.45) is 5.46. The highest BCUT2D eigenvalue weighted by Gasteiger charge is 2.41. The van der Waals surface area contributed by atoms with E-state index >= 15 is 0 Å². The molecule has 2 saturated heterocycles. The molecule has 2 fully saturated rings. The number of aromatic amines is 1. The van der Waals surface area contributed by atoms with Gasteiger partial charge in [-0.3, -0.25) is 9.89 Å². The summed E-state index contributed by atoms with van der Waals surface area (Å²) < 4.78 is 5.75. The molecule has 1 amide bonds. The van der Waals surface area contributed by atoms with Crippen molar-refractivity contribution in [2.24, 2.45) is 0 Å². The quantitative estimate of drug-likeness (QED) is 0.859. The highest BCUT2D eigenvalue weighted by molar-refractivity contribution is 5.97. The highest BCUT2D eigenvalue weighted by Crippen LogP contribution is 2.34. The molecule has 4 rings (SSSR count). The Balaban J connectivity index is 1.53. The number of fused-ring (bicyclic) bond motifs is 3. The number of nitrogens with zero attached hydrogens (tertiary/aromatic N) is 1. The van der Waals surface area contributed by atoms with Crippen LogP contribution in [0.5, 0.6) is 0 Å². The first-order valence-corrected chi connectivity index (χ1v) is 6.69. The number of ether oxygens (including phenoxy) is 1. The minimum atomic E-state index is -0.0300. The summed E-state index contributed by atoms with van der Waals surface area (Å²) >= 11 is 0. The molecule has 2 bridgehead atoms.